The van der Waals surface area contributed by atoms with Gasteiger partial charge in [-0.05, 0) is 45.0 Å². The molecule has 0 heterocycles. The van der Waals surface area contributed by atoms with Crippen molar-refractivity contribution in [3.05, 3.63) is 28.8 Å². The Hall–Kier alpha value is -1.59. The van der Waals surface area contributed by atoms with Crippen molar-refractivity contribution in [1.82, 2.24) is 5.32 Å². The number of amides is 2. The third-order valence-electron chi connectivity index (χ3n) is 2.53. The van der Waals surface area contributed by atoms with Gasteiger partial charge in [0.1, 0.15) is 0 Å². The van der Waals surface area contributed by atoms with E-state index in [9.17, 15) is 9.59 Å². The van der Waals surface area contributed by atoms with E-state index < -0.39 is 0 Å². The molecule has 1 aromatic carbocycles. The lowest BCUT2D eigenvalue weighted by Gasteiger charge is -2.13. The van der Waals surface area contributed by atoms with Gasteiger partial charge in [0.25, 0.3) is 5.91 Å². The third-order valence-corrected chi connectivity index (χ3v) is 2.76. The summed E-state index contributed by atoms with van der Waals surface area (Å²) >= 11 is 5.91. The summed E-state index contributed by atoms with van der Waals surface area (Å²) in [6, 6.07) is 4.79. The molecule has 2 amide bonds. The molecule has 0 spiro atoms. The van der Waals surface area contributed by atoms with Gasteiger partial charge in [0, 0.05) is 17.5 Å². The van der Waals surface area contributed by atoms with E-state index in [2.05, 4.69) is 10.6 Å². The van der Waals surface area contributed by atoms with Crippen molar-refractivity contribution in [2.24, 2.45) is 5.73 Å². The van der Waals surface area contributed by atoms with Gasteiger partial charge in [0.05, 0.1) is 11.3 Å². The molecule has 0 radical (unpaired) electrons. The zero-order valence-corrected chi connectivity index (χ0v) is 12.5. The third kappa shape index (κ3) is 5.19. The van der Waals surface area contributed by atoms with Crippen molar-refractivity contribution >= 4 is 29.1 Å². The molecule has 5 nitrogen and oxygen atoms in total. The first-order chi connectivity index (χ1) is 9.43. The molecule has 6 heteroatoms. The van der Waals surface area contributed by atoms with E-state index in [0.717, 1.165) is 0 Å². The minimum atomic E-state index is -0.245. The highest BCUT2D eigenvalue weighted by Gasteiger charge is 2.14. The number of anilines is 1. The molecule has 0 saturated heterocycles. The zero-order chi connectivity index (χ0) is 15.1. The van der Waals surface area contributed by atoms with Crippen LogP contribution in [-0.4, -0.2) is 24.4 Å². The molecule has 110 valence electrons. The highest BCUT2D eigenvalue weighted by atomic mass is 35.5. The van der Waals surface area contributed by atoms with E-state index in [1.807, 2.05) is 13.8 Å². The molecule has 1 aromatic rings. The average molecular weight is 298 g/mol. The fraction of sp³-hybridized carbons (Fsp3) is 0.429. The van der Waals surface area contributed by atoms with E-state index >= 15 is 0 Å². The average Bonchev–Trinajstić information content (AvgIpc) is 2.35. The van der Waals surface area contributed by atoms with E-state index in [4.69, 9.17) is 17.3 Å². The minimum Gasteiger partial charge on any atom is -0.350 e. The summed E-state index contributed by atoms with van der Waals surface area (Å²) < 4.78 is 0. The fourth-order valence-corrected chi connectivity index (χ4v) is 1.81. The maximum Gasteiger partial charge on any atom is 0.253 e. The Bertz CT molecular complexity index is 489. The van der Waals surface area contributed by atoms with Crippen LogP contribution in [-0.2, 0) is 4.79 Å². The molecule has 0 saturated carbocycles. The van der Waals surface area contributed by atoms with Crippen molar-refractivity contribution in [2.75, 3.05) is 11.9 Å². The molecule has 0 fully saturated rings. The number of halogens is 1. The summed E-state index contributed by atoms with van der Waals surface area (Å²) in [4.78, 5) is 23.8. The SMILES string of the molecule is CC(C)NC(=O)c1ccc(Cl)cc1NC(=O)CCCN. The van der Waals surface area contributed by atoms with Gasteiger partial charge in [-0.2, -0.15) is 0 Å². The first kappa shape index (κ1) is 16.5. The molecule has 20 heavy (non-hydrogen) atoms. The van der Waals surface area contributed by atoms with Crippen LogP contribution in [0.1, 0.15) is 37.0 Å². The minimum absolute atomic E-state index is 0.0129. The van der Waals surface area contributed by atoms with Gasteiger partial charge in [-0.3, -0.25) is 9.59 Å². The first-order valence-electron chi connectivity index (χ1n) is 6.54. The summed E-state index contributed by atoms with van der Waals surface area (Å²) in [7, 11) is 0. The summed E-state index contributed by atoms with van der Waals surface area (Å²) in [5.41, 5.74) is 6.17. The maximum atomic E-state index is 12.1. The monoisotopic (exact) mass is 297 g/mol. The second-order valence-electron chi connectivity index (χ2n) is 4.76. The second kappa shape index (κ2) is 7.87. The van der Waals surface area contributed by atoms with Crippen LogP contribution in [0.15, 0.2) is 18.2 Å². The number of benzene rings is 1. The summed E-state index contributed by atoms with van der Waals surface area (Å²) in [6.45, 7) is 4.18. The molecule has 0 aromatic heterocycles. The Kier molecular flexibility index (Phi) is 6.48. The quantitative estimate of drug-likeness (QED) is 0.752. The van der Waals surface area contributed by atoms with Crippen LogP contribution in [0.4, 0.5) is 5.69 Å². The fourth-order valence-electron chi connectivity index (χ4n) is 1.63. The standard InChI is InChI=1S/C14H20ClN3O2/c1-9(2)17-14(20)11-6-5-10(15)8-12(11)18-13(19)4-3-7-16/h5-6,8-9H,3-4,7,16H2,1-2H3,(H,17,20)(H,18,19). The highest BCUT2D eigenvalue weighted by molar-refractivity contribution is 6.31. The number of hydrogen-bond donors (Lipinski definition) is 3. The molecule has 0 aliphatic carbocycles. The predicted molar refractivity (Wildman–Crippen MR) is 81.0 cm³/mol. The lowest BCUT2D eigenvalue weighted by atomic mass is 10.1. The van der Waals surface area contributed by atoms with Crippen LogP contribution in [0.25, 0.3) is 0 Å². The summed E-state index contributed by atoms with van der Waals surface area (Å²) in [5.74, 6) is -0.429. The smallest absolute Gasteiger partial charge is 0.253 e. The number of carbonyl (C=O) groups is 2. The van der Waals surface area contributed by atoms with Crippen LogP contribution in [0, 0.1) is 0 Å². The van der Waals surface area contributed by atoms with Crippen LogP contribution in [0.3, 0.4) is 0 Å². The molecular formula is C14H20ClN3O2. The Balaban J connectivity index is 2.90. The van der Waals surface area contributed by atoms with Gasteiger partial charge in [0.2, 0.25) is 5.91 Å². The van der Waals surface area contributed by atoms with Crippen molar-refractivity contribution in [3.63, 3.8) is 0 Å². The number of hydrogen-bond acceptors (Lipinski definition) is 3. The Morgan fingerprint density at radius 1 is 1.35 bits per heavy atom. The number of rotatable bonds is 6. The zero-order valence-electron chi connectivity index (χ0n) is 11.7. The molecule has 4 N–H and O–H groups in total. The van der Waals surface area contributed by atoms with Crippen molar-refractivity contribution in [3.8, 4) is 0 Å². The topological polar surface area (TPSA) is 84.2 Å². The number of carbonyl (C=O) groups excluding carboxylic acids is 2. The van der Waals surface area contributed by atoms with Crippen LogP contribution in [0.5, 0.6) is 0 Å². The van der Waals surface area contributed by atoms with E-state index in [1.54, 1.807) is 18.2 Å². The van der Waals surface area contributed by atoms with Gasteiger partial charge in [0.15, 0.2) is 0 Å². The van der Waals surface area contributed by atoms with Gasteiger partial charge in [-0.25, -0.2) is 0 Å². The highest BCUT2D eigenvalue weighted by Crippen LogP contribution is 2.21. The molecule has 0 unspecified atom stereocenters. The lowest BCUT2D eigenvalue weighted by Crippen LogP contribution is -2.31. The van der Waals surface area contributed by atoms with Gasteiger partial charge < -0.3 is 16.4 Å². The number of nitrogens with two attached hydrogens (primary N) is 1. The molecule has 0 bridgehead atoms. The van der Waals surface area contributed by atoms with Crippen molar-refractivity contribution in [1.29, 1.82) is 0 Å². The molecule has 1 rings (SSSR count). The van der Waals surface area contributed by atoms with Crippen LogP contribution >= 0.6 is 11.6 Å². The summed E-state index contributed by atoms with van der Waals surface area (Å²) in [5, 5.41) is 5.94. The molecule has 0 aliphatic rings. The second-order valence-corrected chi connectivity index (χ2v) is 5.19. The first-order valence-corrected chi connectivity index (χ1v) is 6.92. The normalized spacial score (nSPS) is 10.4. The van der Waals surface area contributed by atoms with E-state index in [-0.39, 0.29) is 17.9 Å². The molecule has 0 atom stereocenters. The van der Waals surface area contributed by atoms with E-state index in [0.29, 0.717) is 35.7 Å². The van der Waals surface area contributed by atoms with Crippen molar-refractivity contribution < 1.29 is 9.59 Å². The van der Waals surface area contributed by atoms with Crippen LogP contribution < -0.4 is 16.4 Å². The van der Waals surface area contributed by atoms with Crippen LogP contribution in [0.2, 0.25) is 5.02 Å². The maximum absolute atomic E-state index is 12.1. The van der Waals surface area contributed by atoms with Crippen molar-refractivity contribution in [2.45, 2.75) is 32.7 Å². The Morgan fingerprint density at radius 3 is 2.65 bits per heavy atom. The van der Waals surface area contributed by atoms with Gasteiger partial charge >= 0.3 is 0 Å². The predicted octanol–water partition coefficient (Wildman–Crippen LogP) is 2.16. The number of nitrogens with one attached hydrogen (secondary N) is 2. The van der Waals surface area contributed by atoms with Gasteiger partial charge in [-0.1, -0.05) is 11.6 Å². The van der Waals surface area contributed by atoms with Gasteiger partial charge in [-0.15, -0.1) is 0 Å². The van der Waals surface area contributed by atoms with E-state index in [1.165, 1.54) is 0 Å². The Labute approximate surface area is 123 Å². The lowest BCUT2D eigenvalue weighted by molar-refractivity contribution is -0.116. The molecule has 0 aliphatic heterocycles. The largest absolute Gasteiger partial charge is 0.350 e. The molecular weight excluding hydrogens is 278 g/mol. The summed E-state index contributed by atoms with van der Waals surface area (Å²) in [6.07, 6.45) is 0.911. The Morgan fingerprint density at radius 2 is 2.05 bits per heavy atom.